The summed E-state index contributed by atoms with van der Waals surface area (Å²) < 4.78 is 0. The molecule has 1 unspecified atom stereocenters. The van der Waals surface area contributed by atoms with E-state index in [1.165, 1.54) is 0 Å². The van der Waals surface area contributed by atoms with Crippen molar-refractivity contribution in [2.24, 2.45) is 0 Å². The van der Waals surface area contributed by atoms with Crippen LogP contribution in [0.25, 0.3) is 0 Å². The first kappa shape index (κ1) is 10.6. The summed E-state index contributed by atoms with van der Waals surface area (Å²) in [6.07, 6.45) is 0. The van der Waals surface area contributed by atoms with E-state index in [9.17, 15) is 4.79 Å². The number of fused-ring (bicyclic) bond motifs is 1. The zero-order chi connectivity index (χ0) is 11.4. The normalized spacial score (nSPS) is 16.7. The zero-order valence-corrected chi connectivity index (χ0v) is 9.21. The Morgan fingerprint density at radius 3 is 3.19 bits per heavy atom. The first-order chi connectivity index (χ1) is 7.83. The molecule has 3 heteroatoms. The van der Waals surface area contributed by atoms with Crippen molar-refractivity contribution in [2.45, 2.75) is 12.8 Å². The van der Waals surface area contributed by atoms with Gasteiger partial charge in [-0.25, -0.2) is 0 Å². The molecule has 0 saturated carbocycles. The van der Waals surface area contributed by atoms with E-state index in [2.05, 4.69) is 22.5 Å². The lowest BCUT2D eigenvalue weighted by molar-refractivity contribution is -0.121. The summed E-state index contributed by atoms with van der Waals surface area (Å²) in [5, 5.41) is 6.04. The standard InChI is InChI=1S/C13H14N2O/c1-2-3-8-14-13(16)11-9-15-12-7-5-4-6-10(11)12/h4-7,11,15H,8-9H2,1H3,(H,14,16). The lowest BCUT2D eigenvalue weighted by Gasteiger charge is -2.08. The summed E-state index contributed by atoms with van der Waals surface area (Å²) in [6, 6.07) is 7.91. The van der Waals surface area contributed by atoms with E-state index in [0.29, 0.717) is 13.1 Å². The van der Waals surface area contributed by atoms with Crippen molar-refractivity contribution in [3.63, 3.8) is 0 Å². The van der Waals surface area contributed by atoms with Gasteiger partial charge in [0, 0.05) is 12.2 Å². The Bertz CT molecular complexity index is 456. The summed E-state index contributed by atoms with van der Waals surface area (Å²) in [7, 11) is 0. The molecular weight excluding hydrogens is 200 g/mol. The van der Waals surface area contributed by atoms with E-state index in [4.69, 9.17) is 0 Å². The summed E-state index contributed by atoms with van der Waals surface area (Å²) >= 11 is 0. The number of hydrogen-bond donors (Lipinski definition) is 2. The third kappa shape index (κ3) is 2.01. The lowest BCUT2D eigenvalue weighted by atomic mass is 10.0. The van der Waals surface area contributed by atoms with Crippen molar-refractivity contribution in [1.29, 1.82) is 0 Å². The van der Waals surface area contributed by atoms with Gasteiger partial charge in [-0.3, -0.25) is 4.79 Å². The van der Waals surface area contributed by atoms with Crippen molar-refractivity contribution in [3.05, 3.63) is 29.8 Å². The predicted octanol–water partition coefficient (Wildman–Crippen LogP) is 1.34. The van der Waals surface area contributed by atoms with Crippen LogP contribution in [0, 0.1) is 11.8 Å². The number of carbonyl (C=O) groups excluding carboxylic acids is 1. The van der Waals surface area contributed by atoms with Crippen molar-refractivity contribution < 1.29 is 4.79 Å². The Morgan fingerprint density at radius 2 is 2.38 bits per heavy atom. The largest absolute Gasteiger partial charge is 0.384 e. The van der Waals surface area contributed by atoms with Gasteiger partial charge in [-0.1, -0.05) is 24.1 Å². The molecule has 16 heavy (non-hydrogen) atoms. The van der Waals surface area contributed by atoms with E-state index in [1.807, 2.05) is 24.3 Å². The molecule has 1 aromatic carbocycles. The van der Waals surface area contributed by atoms with Gasteiger partial charge in [0.25, 0.3) is 0 Å². The van der Waals surface area contributed by atoms with Gasteiger partial charge >= 0.3 is 0 Å². The zero-order valence-electron chi connectivity index (χ0n) is 9.21. The predicted molar refractivity (Wildman–Crippen MR) is 64.1 cm³/mol. The molecule has 2 N–H and O–H groups in total. The molecule has 0 radical (unpaired) electrons. The smallest absolute Gasteiger partial charge is 0.230 e. The maximum absolute atomic E-state index is 11.9. The van der Waals surface area contributed by atoms with Crippen LogP contribution in [0.5, 0.6) is 0 Å². The minimum Gasteiger partial charge on any atom is -0.384 e. The summed E-state index contributed by atoms with van der Waals surface area (Å²) in [5.74, 6) is 5.53. The Hall–Kier alpha value is -1.95. The van der Waals surface area contributed by atoms with Crippen LogP contribution in [-0.4, -0.2) is 19.0 Å². The van der Waals surface area contributed by atoms with Gasteiger partial charge in [-0.05, 0) is 18.6 Å². The summed E-state index contributed by atoms with van der Waals surface area (Å²) in [5.41, 5.74) is 2.13. The highest BCUT2D eigenvalue weighted by atomic mass is 16.1. The molecule has 0 fully saturated rings. The molecule has 1 amide bonds. The minimum atomic E-state index is -0.0881. The second-order valence-corrected chi connectivity index (χ2v) is 3.67. The fourth-order valence-corrected chi connectivity index (χ4v) is 1.86. The molecule has 1 aliphatic heterocycles. The van der Waals surface area contributed by atoms with Gasteiger partial charge < -0.3 is 10.6 Å². The Labute approximate surface area is 95.2 Å². The SMILES string of the molecule is CC#CCNC(=O)C1CNc2ccccc21. The number of amides is 1. The number of anilines is 1. The van der Waals surface area contributed by atoms with Gasteiger partial charge in [0.1, 0.15) is 0 Å². The van der Waals surface area contributed by atoms with E-state index in [0.717, 1.165) is 11.3 Å². The number of nitrogens with one attached hydrogen (secondary N) is 2. The molecule has 0 aliphatic carbocycles. The maximum Gasteiger partial charge on any atom is 0.230 e. The van der Waals surface area contributed by atoms with Gasteiger partial charge in [-0.2, -0.15) is 0 Å². The highest BCUT2D eigenvalue weighted by molar-refractivity contribution is 5.88. The number of para-hydroxylation sites is 1. The van der Waals surface area contributed by atoms with Crippen LogP contribution in [0.3, 0.4) is 0 Å². The fourth-order valence-electron chi connectivity index (χ4n) is 1.86. The van der Waals surface area contributed by atoms with Crippen LogP contribution >= 0.6 is 0 Å². The molecular formula is C13H14N2O. The van der Waals surface area contributed by atoms with Crippen LogP contribution in [0.15, 0.2) is 24.3 Å². The number of rotatable bonds is 2. The third-order valence-electron chi connectivity index (χ3n) is 2.68. The number of benzene rings is 1. The average Bonchev–Trinajstić information content (AvgIpc) is 2.73. The highest BCUT2D eigenvalue weighted by Crippen LogP contribution is 2.30. The van der Waals surface area contributed by atoms with Gasteiger partial charge in [-0.15, -0.1) is 5.92 Å². The minimum absolute atomic E-state index is 0.0419. The van der Waals surface area contributed by atoms with Crippen LogP contribution < -0.4 is 10.6 Å². The monoisotopic (exact) mass is 214 g/mol. The second-order valence-electron chi connectivity index (χ2n) is 3.67. The van der Waals surface area contributed by atoms with Crippen molar-refractivity contribution in [1.82, 2.24) is 5.32 Å². The Kier molecular flexibility index (Phi) is 3.11. The van der Waals surface area contributed by atoms with Crippen LogP contribution in [0.4, 0.5) is 5.69 Å². The van der Waals surface area contributed by atoms with Crippen molar-refractivity contribution >= 4 is 11.6 Å². The molecule has 3 nitrogen and oxygen atoms in total. The summed E-state index contributed by atoms with van der Waals surface area (Å²) in [6.45, 7) is 2.86. The molecule has 2 rings (SSSR count). The van der Waals surface area contributed by atoms with E-state index in [1.54, 1.807) is 6.92 Å². The van der Waals surface area contributed by atoms with Crippen LogP contribution in [-0.2, 0) is 4.79 Å². The quantitative estimate of drug-likeness (QED) is 0.729. The molecule has 82 valence electrons. The molecule has 0 saturated heterocycles. The highest BCUT2D eigenvalue weighted by Gasteiger charge is 2.27. The van der Waals surface area contributed by atoms with E-state index >= 15 is 0 Å². The average molecular weight is 214 g/mol. The van der Waals surface area contributed by atoms with E-state index < -0.39 is 0 Å². The fraction of sp³-hybridized carbons (Fsp3) is 0.308. The second kappa shape index (κ2) is 4.71. The van der Waals surface area contributed by atoms with Gasteiger partial charge in [0.05, 0.1) is 12.5 Å². The van der Waals surface area contributed by atoms with Gasteiger partial charge in [0.2, 0.25) is 5.91 Å². The Morgan fingerprint density at radius 1 is 1.56 bits per heavy atom. The van der Waals surface area contributed by atoms with Crippen molar-refractivity contribution in [2.75, 3.05) is 18.4 Å². The Balaban J connectivity index is 2.06. The van der Waals surface area contributed by atoms with Crippen molar-refractivity contribution in [3.8, 4) is 11.8 Å². The van der Waals surface area contributed by atoms with Crippen LogP contribution in [0.1, 0.15) is 18.4 Å². The molecule has 0 aromatic heterocycles. The number of carbonyl (C=O) groups is 1. The van der Waals surface area contributed by atoms with Crippen LogP contribution in [0.2, 0.25) is 0 Å². The molecule has 0 spiro atoms. The lowest BCUT2D eigenvalue weighted by Crippen LogP contribution is -2.30. The first-order valence-corrected chi connectivity index (χ1v) is 5.33. The molecule has 1 aliphatic rings. The maximum atomic E-state index is 11.9. The molecule has 1 aromatic rings. The topological polar surface area (TPSA) is 41.1 Å². The first-order valence-electron chi connectivity index (χ1n) is 5.33. The molecule has 1 heterocycles. The molecule has 0 bridgehead atoms. The summed E-state index contributed by atoms with van der Waals surface area (Å²) in [4.78, 5) is 11.9. The van der Waals surface area contributed by atoms with Gasteiger partial charge in [0.15, 0.2) is 0 Å². The number of hydrogen-bond acceptors (Lipinski definition) is 2. The van der Waals surface area contributed by atoms with E-state index in [-0.39, 0.29) is 11.8 Å². The third-order valence-corrected chi connectivity index (χ3v) is 2.68. The molecule has 1 atom stereocenters.